The second-order valence-electron chi connectivity index (χ2n) is 3.74. The Labute approximate surface area is 87.7 Å². The zero-order valence-electron chi connectivity index (χ0n) is 10.1. The molecule has 14 heavy (non-hydrogen) atoms. The Morgan fingerprint density at radius 2 is 1.79 bits per heavy atom. The number of rotatable bonds is 6. The summed E-state index contributed by atoms with van der Waals surface area (Å²) in [5, 5.41) is 0. The average Bonchev–Trinajstić information content (AvgIpc) is 2.13. The first kappa shape index (κ1) is 13.4. The molecule has 0 aromatic heterocycles. The van der Waals surface area contributed by atoms with Crippen molar-refractivity contribution in [1.29, 1.82) is 0 Å². The maximum absolute atomic E-state index is 5.99. The topological polar surface area (TPSA) is 47.6 Å². The van der Waals surface area contributed by atoms with Crippen molar-refractivity contribution in [2.24, 2.45) is 10.7 Å². The summed E-state index contributed by atoms with van der Waals surface area (Å²) in [6.07, 6.45) is 1.75. The molecule has 0 bridgehead atoms. The van der Waals surface area contributed by atoms with Crippen LogP contribution in [0.15, 0.2) is 4.99 Å². The molecule has 0 rings (SSSR count). The van der Waals surface area contributed by atoms with Crippen molar-refractivity contribution in [3.8, 4) is 0 Å². The molecular formula is C11H24N2O. The molecule has 0 atom stereocenters. The zero-order valence-corrected chi connectivity index (χ0v) is 10.1. The lowest BCUT2D eigenvalue weighted by atomic mass is 9.95. The normalized spacial score (nSPS) is 13.7. The zero-order chi connectivity index (χ0) is 11.2. The Hall–Kier alpha value is -0.570. The summed E-state index contributed by atoms with van der Waals surface area (Å²) < 4.78 is 5.73. The van der Waals surface area contributed by atoms with E-state index in [1.54, 1.807) is 0 Å². The van der Waals surface area contributed by atoms with Crippen LogP contribution in [0.5, 0.6) is 0 Å². The van der Waals surface area contributed by atoms with Crippen LogP contribution in [-0.4, -0.2) is 24.1 Å². The van der Waals surface area contributed by atoms with E-state index in [4.69, 9.17) is 10.5 Å². The van der Waals surface area contributed by atoms with Crippen LogP contribution in [0.2, 0.25) is 0 Å². The van der Waals surface area contributed by atoms with E-state index in [0.717, 1.165) is 12.8 Å². The van der Waals surface area contributed by atoms with Gasteiger partial charge in [0.05, 0.1) is 0 Å². The van der Waals surface area contributed by atoms with E-state index < -0.39 is 0 Å². The molecule has 0 saturated heterocycles. The van der Waals surface area contributed by atoms with Gasteiger partial charge in [-0.15, -0.1) is 0 Å². The number of ether oxygens (including phenoxy) is 1. The fourth-order valence-electron chi connectivity index (χ4n) is 1.56. The van der Waals surface area contributed by atoms with Crippen LogP contribution in [-0.2, 0) is 4.74 Å². The van der Waals surface area contributed by atoms with Gasteiger partial charge in [-0.1, -0.05) is 13.8 Å². The summed E-state index contributed by atoms with van der Waals surface area (Å²) in [6.45, 7) is 10.9. The van der Waals surface area contributed by atoms with Crippen molar-refractivity contribution in [3.05, 3.63) is 0 Å². The summed E-state index contributed by atoms with van der Waals surface area (Å²) in [7, 11) is 0. The van der Waals surface area contributed by atoms with E-state index in [2.05, 4.69) is 18.8 Å². The summed E-state index contributed by atoms with van der Waals surface area (Å²) >= 11 is 0. The van der Waals surface area contributed by atoms with Crippen LogP contribution >= 0.6 is 0 Å². The average molecular weight is 200 g/mol. The van der Waals surface area contributed by atoms with Gasteiger partial charge in [0.15, 0.2) is 0 Å². The highest BCUT2D eigenvalue weighted by molar-refractivity contribution is 5.89. The van der Waals surface area contributed by atoms with Gasteiger partial charge in [-0.3, -0.25) is 4.99 Å². The first-order chi connectivity index (χ1) is 6.52. The highest BCUT2D eigenvalue weighted by Gasteiger charge is 2.31. The Balaban J connectivity index is 4.78. The van der Waals surface area contributed by atoms with Crippen molar-refractivity contribution < 1.29 is 4.74 Å². The van der Waals surface area contributed by atoms with Gasteiger partial charge in [-0.25, -0.2) is 0 Å². The third-order valence-corrected chi connectivity index (χ3v) is 2.43. The Kier molecular flexibility index (Phi) is 5.77. The summed E-state index contributed by atoms with van der Waals surface area (Å²) in [6, 6.07) is 0.230. The number of hydrogen-bond donors (Lipinski definition) is 1. The molecule has 2 N–H and O–H groups in total. The van der Waals surface area contributed by atoms with E-state index in [1.165, 1.54) is 0 Å². The minimum Gasteiger partial charge on any atom is -0.385 e. The molecule has 3 heteroatoms. The van der Waals surface area contributed by atoms with Gasteiger partial charge in [-0.05, 0) is 33.6 Å². The SMILES string of the molecule is CCOC(CC)(CC)C(N)=NC(C)C. The van der Waals surface area contributed by atoms with Crippen LogP contribution in [0, 0.1) is 0 Å². The predicted molar refractivity (Wildman–Crippen MR) is 61.7 cm³/mol. The Morgan fingerprint density at radius 3 is 2.07 bits per heavy atom. The molecule has 0 unspecified atom stereocenters. The lowest BCUT2D eigenvalue weighted by Gasteiger charge is -2.31. The van der Waals surface area contributed by atoms with Gasteiger partial charge in [0.25, 0.3) is 0 Å². The van der Waals surface area contributed by atoms with Gasteiger partial charge in [0.2, 0.25) is 0 Å². The van der Waals surface area contributed by atoms with Crippen LogP contribution in [0.3, 0.4) is 0 Å². The van der Waals surface area contributed by atoms with Crippen molar-refractivity contribution in [2.45, 2.75) is 59.1 Å². The van der Waals surface area contributed by atoms with Crippen LogP contribution in [0.4, 0.5) is 0 Å². The molecule has 0 amide bonds. The third-order valence-electron chi connectivity index (χ3n) is 2.43. The largest absolute Gasteiger partial charge is 0.385 e. The lowest BCUT2D eigenvalue weighted by Crippen LogP contribution is -2.46. The molecule has 0 radical (unpaired) electrons. The van der Waals surface area contributed by atoms with E-state index >= 15 is 0 Å². The number of hydrogen-bond acceptors (Lipinski definition) is 2. The van der Waals surface area contributed by atoms with Gasteiger partial charge in [0.1, 0.15) is 11.4 Å². The van der Waals surface area contributed by atoms with Crippen LogP contribution in [0.25, 0.3) is 0 Å². The van der Waals surface area contributed by atoms with E-state index in [-0.39, 0.29) is 11.6 Å². The van der Waals surface area contributed by atoms with Gasteiger partial charge < -0.3 is 10.5 Å². The minimum atomic E-state index is -0.348. The van der Waals surface area contributed by atoms with Crippen LogP contribution < -0.4 is 5.73 Å². The molecule has 3 nitrogen and oxygen atoms in total. The smallest absolute Gasteiger partial charge is 0.127 e. The molecule has 0 aromatic rings. The van der Waals surface area contributed by atoms with E-state index in [0.29, 0.717) is 12.4 Å². The number of nitrogens with two attached hydrogens (primary N) is 1. The molecule has 0 fully saturated rings. The van der Waals surface area contributed by atoms with Crippen molar-refractivity contribution >= 4 is 5.84 Å². The first-order valence-electron chi connectivity index (χ1n) is 5.50. The van der Waals surface area contributed by atoms with Crippen molar-refractivity contribution in [2.75, 3.05) is 6.61 Å². The molecule has 84 valence electrons. The second-order valence-corrected chi connectivity index (χ2v) is 3.74. The molecule has 0 aromatic carbocycles. The number of amidine groups is 1. The molecule has 0 aliphatic heterocycles. The molecule has 0 heterocycles. The quantitative estimate of drug-likeness (QED) is 0.528. The molecule has 0 aliphatic rings. The summed E-state index contributed by atoms with van der Waals surface area (Å²) in [4.78, 5) is 4.38. The van der Waals surface area contributed by atoms with Crippen molar-refractivity contribution in [1.82, 2.24) is 0 Å². The van der Waals surface area contributed by atoms with Gasteiger partial charge >= 0.3 is 0 Å². The highest BCUT2D eigenvalue weighted by Crippen LogP contribution is 2.21. The van der Waals surface area contributed by atoms with Gasteiger partial charge in [-0.2, -0.15) is 0 Å². The lowest BCUT2D eigenvalue weighted by molar-refractivity contribution is 0.00843. The maximum atomic E-state index is 5.99. The monoisotopic (exact) mass is 200 g/mol. The third kappa shape index (κ3) is 3.29. The second kappa shape index (κ2) is 6.02. The predicted octanol–water partition coefficient (Wildman–Crippen LogP) is 2.35. The molecule has 0 aliphatic carbocycles. The molecule has 0 spiro atoms. The van der Waals surface area contributed by atoms with Crippen LogP contribution in [0.1, 0.15) is 47.5 Å². The van der Waals surface area contributed by atoms with E-state index in [1.807, 2.05) is 20.8 Å². The highest BCUT2D eigenvalue weighted by atomic mass is 16.5. The number of nitrogens with zero attached hydrogens (tertiary/aromatic N) is 1. The van der Waals surface area contributed by atoms with Crippen molar-refractivity contribution in [3.63, 3.8) is 0 Å². The molecular weight excluding hydrogens is 176 g/mol. The summed E-state index contributed by atoms with van der Waals surface area (Å²) in [5.41, 5.74) is 5.64. The number of aliphatic imine (C=N–C) groups is 1. The first-order valence-corrected chi connectivity index (χ1v) is 5.50. The maximum Gasteiger partial charge on any atom is 0.127 e. The Morgan fingerprint density at radius 1 is 1.29 bits per heavy atom. The fourth-order valence-corrected chi connectivity index (χ4v) is 1.56. The van der Waals surface area contributed by atoms with Gasteiger partial charge in [0, 0.05) is 12.6 Å². The molecule has 0 saturated carbocycles. The van der Waals surface area contributed by atoms with E-state index in [9.17, 15) is 0 Å². The standard InChI is InChI=1S/C11H24N2O/c1-6-11(7-2,14-8-3)10(12)13-9(4)5/h9H,6-8H2,1-5H3,(H2,12,13). The minimum absolute atomic E-state index is 0.230. The fraction of sp³-hybridized carbons (Fsp3) is 0.909. The summed E-state index contributed by atoms with van der Waals surface area (Å²) in [5.74, 6) is 0.638. The Bertz CT molecular complexity index is 184.